The van der Waals surface area contributed by atoms with Crippen LogP contribution in [0.2, 0.25) is 0 Å². The molecule has 1 unspecified atom stereocenters. The van der Waals surface area contributed by atoms with Crippen molar-refractivity contribution in [2.75, 3.05) is 31.5 Å². The molecule has 1 fully saturated rings. The van der Waals surface area contributed by atoms with E-state index in [0.29, 0.717) is 11.8 Å². The molecule has 2 rings (SSSR count). The highest BCUT2D eigenvalue weighted by Gasteiger charge is 2.14. The smallest absolute Gasteiger partial charge is 0.133 e. The van der Waals surface area contributed by atoms with Gasteiger partial charge in [0.2, 0.25) is 0 Å². The molecule has 2 heterocycles. The van der Waals surface area contributed by atoms with E-state index in [1.165, 1.54) is 32.5 Å². The molecule has 0 radical (unpaired) electrons. The predicted octanol–water partition coefficient (Wildman–Crippen LogP) is 2.74. The molecule has 0 amide bonds. The molecule has 0 bridgehead atoms. The lowest BCUT2D eigenvalue weighted by Crippen LogP contribution is -2.29. The first-order chi connectivity index (χ1) is 9.15. The first-order valence-electron chi connectivity index (χ1n) is 7.44. The second-order valence-electron chi connectivity index (χ2n) is 5.95. The van der Waals surface area contributed by atoms with Gasteiger partial charge in [0.15, 0.2) is 0 Å². The molecule has 1 N–H and O–H groups in total. The van der Waals surface area contributed by atoms with Gasteiger partial charge < -0.3 is 10.2 Å². The summed E-state index contributed by atoms with van der Waals surface area (Å²) in [5, 5.41) is 3.44. The third kappa shape index (κ3) is 4.46. The monoisotopic (exact) mass is 262 g/mol. The van der Waals surface area contributed by atoms with Gasteiger partial charge in [-0.2, -0.15) is 0 Å². The summed E-state index contributed by atoms with van der Waals surface area (Å²) < 4.78 is 0. The van der Waals surface area contributed by atoms with E-state index in [4.69, 9.17) is 0 Å². The van der Waals surface area contributed by atoms with Gasteiger partial charge in [-0.1, -0.05) is 20.8 Å². The Kier molecular flexibility index (Phi) is 5.14. The first-order valence-corrected chi connectivity index (χ1v) is 7.44. The van der Waals surface area contributed by atoms with Crippen molar-refractivity contribution in [2.45, 2.75) is 39.5 Å². The van der Waals surface area contributed by atoms with Crippen LogP contribution in [0.15, 0.2) is 12.3 Å². The van der Waals surface area contributed by atoms with Crippen LogP contribution in [0.4, 0.5) is 5.82 Å². The summed E-state index contributed by atoms with van der Waals surface area (Å²) in [6.45, 7) is 11.3. The van der Waals surface area contributed by atoms with Crippen molar-refractivity contribution in [3.05, 3.63) is 18.1 Å². The van der Waals surface area contributed by atoms with Gasteiger partial charge in [0, 0.05) is 25.2 Å². The Hall–Kier alpha value is -1.16. The predicted molar refractivity (Wildman–Crippen MR) is 79.4 cm³/mol. The first kappa shape index (κ1) is 14.3. The van der Waals surface area contributed by atoms with E-state index in [-0.39, 0.29) is 0 Å². The summed E-state index contributed by atoms with van der Waals surface area (Å²) in [6.07, 6.45) is 4.57. The lowest BCUT2D eigenvalue weighted by molar-refractivity contribution is 0.294. The normalized spacial score (nSPS) is 17.9. The molecule has 106 valence electrons. The summed E-state index contributed by atoms with van der Waals surface area (Å²) in [5.41, 5.74) is 0. The largest absolute Gasteiger partial charge is 0.370 e. The Morgan fingerprint density at radius 1 is 1.26 bits per heavy atom. The van der Waals surface area contributed by atoms with E-state index in [2.05, 4.69) is 41.0 Å². The van der Waals surface area contributed by atoms with Gasteiger partial charge in [0.1, 0.15) is 11.6 Å². The van der Waals surface area contributed by atoms with Gasteiger partial charge in [-0.15, -0.1) is 0 Å². The number of nitrogens with one attached hydrogen (secondary N) is 1. The molecule has 0 aliphatic carbocycles. The summed E-state index contributed by atoms with van der Waals surface area (Å²) in [5.74, 6) is 2.89. The molecule has 0 aromatic carbocycles. The highest BCUT2D eigenvalue weighted by atomic mass is 15.1. The molecule has 0 spiro atoms. The van der Waals surface area contributed by atoms with Gasteiger partial charge in [-0.3, -0.25) is 0 Å². The third-order valence-corrected chi connectivity index (χ3v) is 3.59. The molecule has 4 heteroatoms. The van der Waals surface area contributed by atoms with Crippen LogP contribution in [0.25, 0.3) is 0 Å². The van der Waals surface area contributed by atoms with Crippen LogP contribution in [0.5, 0.6) is 0 Å². The van der Waals surface area contributed by atoms with Crippen LogP contribution in [0.1, 0.15) is 45.4 Å². The molecule has 1 atom stereocenters. The maximum Gasteiger partial charge on any atom is 0.133 e. The van der Waals surface area contributed by atoms with Gasteiger partial charge >= 0.3 is 0 Å². The van der Waals surface area contributed by atoms with Gasteiger partial charge in [0.25, 0.3) is 0 Å². The Balaban J connectivity index is 1.79. The average Bonchev–Trinajstić information content (AvgIpc) is 2.89. The van der Waals surface area contributed by atoms with E-state index < -0.39 is 0 Å². The zero-order chi connectivity index (χ0) is 13.7. The van der Waals surface area contributed by atoms with Gasteiger partial charge in [0.05, 0.1) is 0 Å². The number of hydrogen-bond donors (Lipinski definition) is 1. The average molecular weight is 262 g/mol. The minimum atomic E-state index is 0.378. The summed E-state index contributed by atoms with van der Waals surface area (Å²) >= 11 is 0. The fraction of sp³-hybridized carbons (Fsp3) is 0.733. The molecule has 1 aromatic heterocycles. The van der Waals surface area contributed by atoms with Crippen molar-refractivity contribution in [1.82, 2.24) is 14.9 Å². The molecule has 1 aliphatic rings. The fourth-order valence-corrected chi connectivity index (χ4v) is 2.50. The number of nitrogens with zero attached hydrogens (tertiary/aromatic N) is 3. The van der Waals surface area contributed by atoms with Crippen molar-refractivity contribution in [3.63, 3.8) is 0 Å². The highest BCUT2D eigenvalue weighted by Crippen LogP contribution is 2.13. The quantitative estimate of drug-likeness (QED) is 0.856. The lowest BCUT2D eigenvalue weighted by atomic mass is 10.1. The highest BCUT2D eigenvalue weighted by molar-refractivity contribution is 5.33. The molecule has 0 saturated carbocycles. The van der Waals surface area contributed by atoms with E-state index >= 15 is 0 Å². The van der Waals surface area contributed by atoms with Crippen LogP contribution in [-0.2, 0) is 0 Å². The standard InChI is InChI=1S/C15H26N4/c1-12(2)15-16-7-6-14(18-15)17-10-13(3)11-19-8-4-5-9-19/h6-7,12-13H,4-5,8-11H2,1-3H3,(H,16,17,18). The van der Waals surface area contributed by atoms with E-state index in [9.17, 15) is 0 Å². The maximum atomic E-state index is 4.54. The molecular formula is C15H26N4. The van der Waals surface area contributed by atoms with Gasteiger partial charge in [-0.25, -0.2) is 9.97 Å². The molecule has 19 heavy (non-hydrogen) atoms. The number of aromatic nitrogens is 2. The maximum absolute atomic E-state index is 4.54. The van der Waals surface area contributed by atoms with E-state index in [1.807, 2.05) is 12.3 Å². The summed E-state index contributed by atoms with van der Waals surface area (Å²) in [6, 6.07) is 1.95. The van der Waals surface area contributed by atoms with Crippen molar-refractivity contribution < 1.29 is 0 Å². The third-order valence-electron chi connectivity index (χ3n) is 3.59. The van der Waals surface area contributed by atoms with Crippen LogP contribution in [0.3, 0.4) is 0 Å². The Morgan fingerprint density at radius 2 is 2.00 bits per heavy atom. The number of rotatable bonds is 6. The van der Waals surface area contributed by atoms with Crippen LogP contribution in [0, 0.1) is 5.92 Å². The number of anilines is 1. The van der Waals surface area contributed by atoms with Crippen LogP contribution >= 0.6 is 0 Å². The second-order valence-corrected chi connectivity index (χ2v) is 5.95. The molecule has 1 saturated heterocycles. The topological polar surface area (TPSA) is 41.1 Å². The minimum absolute atomic E-state index is 0.378. The number of hydrogen-bond acceptors (Lipinski definition) is 4. The molecule has 4 nitrogen and oxygen atoms in total. The summed E-state index contributed by atoms with van der Waals surface area (Å²) in [4.78, 5) is 11.4. The van der Waals surface area contributed by atoms with Gasteiger partial charge in [-0.05, 0) is 37.9 Å². The van der Waals surface area contributed by atoms with Crippen molar-refractivity contribution >= 4 is 5.82 Å². The van der Waals surface area contributed by atoms with Crippen molar-refractivity contribution in [2.24, 2.45) is 5.92 Å². The Morgan fingerprint density at radius 3 is 2.68 bits per heavy atom. The minimum Gasteiger partial charge on any atom is -0.370 e. The van der Waals surface area contributed by atoms with E-state index in [1.54, 1.807) is 0 Å². The Labute approximate surface area is 116 Å². The van der Waals surface area contributed by atoms with Crippen molar-refractivity contribution in [1.29, 1.82) is 0 Å². The zero-order valence-corrected chi connectivity index (χ0v) is 12.4. The fourth-order valence-electron chi connectivity index (χ4n) is 2.50. The number of likely N-dealkylation sites (tertiary alicyclic amines) is 1. The summed E-state index contributed by atoms with van der Waals surface area (Å²) in [7, 11) is 0. The molecule has 1 aromatic rings. The van der Waals surface area contributed by atoms with Crippen LogP contribution < -0.4 is 5.32 Å². The van der Waals surface area contributed by atoms with E-state index in [0.717, 1.165) is 18.2 Å². The van der Waals surface area contributed by atoms with Crippen LogP contribution in [-0.4, -0.2) is 41.0 Å². The molecule has 1 aliphatic heterocycles. The second kappa shape index (κ2) is 6.85. The zero-order valence-electron chi connectivity index (χ0n) is 12.4. The Bertz CT molecular complexity index is 385. The lowest BCUT2D eigenvalue weighted by Gasteiger charge is -2.20. The molecular weight excluding hydrogens is 236 g/mol. The SMILES string of the molecule is CC(CNc1ccnc(C(C)C)n1)CN1CCCC1. The van der Waals surface area contributed by atoms with Crippen molar-refractivity contribution in [3.8, 4) is 0 Å².